The van der Waals surface area contributed by atoms with Gasteiger partial charge in [-0.1, -0.05) is 15.9 Å². The zero-order valence-electron chi connectivity index (χ0n) is 12.4. The smallest absolute Gasteiger partial charge is 0.144 e. The molecule has 1 aromatic rings. The lowest BCUT2D eigenvalue weighted by Gasteiger charge is -2.29. The molecule has 0 aromatic heterocycles. The van der Waals surface area contributed by atoms with E-state index >= 15 is 0 Å². The van der Waals surface area contributed by atoms with E-state index in [1.165, 1.54) is 5.56 Å². The van der Waals surface area contributed by atoms with Gasteiger partial charge in [0.15, 0.2) is 0 Å². The summed E-state index contributed by atoms with van der Waals surface area (Å²) in [6.07, 6.45) is 4.03. The molecule has 1 atom stereocenters. The van der Waals surface area contributed by atoms with Gasteiger partial charge in [0.05, 0.1) is 18.3 Å². The van der Waals surface area contributed by atoms with Crippen molar-refractivity contribution in [2.75, 3.05) is 11.9 Å². The molecule has 3 rings (SSSR count). The number of rotatable bonds is 3. The molecule has 4 nitrogen and oxygen atoms in total. The van der Waals surface area contributed by atoms with Gasteiger partial charge in [-0.25, -0.2) is 0 Å². The number of aliphatic hydroxyl groups excluding tert-OH is 1. The second-order valence-electron chi connectivity index (χ2n) is 6.13. The molecular weight excluding hydrogens is 332 g/mol. The highest BCUT2D eigenvalue weighted by Gasteiger charge is 2.22. The number of ether oxygens (including phenoxy) is 1. The molecule has 0 spiro atoms. The second kappa shape index (κ2) is 6.55. The first kappa shape index (κ1) is 15.1. The van der Waals surface area contributed by atoms with Gasteiger partial charge in [0.1, 0.15) is 11.9 Å². The molecule has 3 N–H and O–H groups in total. The third-order valence-electron chi connectivity index (χ3n) is 4.32. The van der Waals surface area contributed by atoms with E-state index in [0.29, 0.717) is 6.04 Å². The van der Waals surface area contributed by atoms with Gasteiger partial charge in [0.25, 0.3) is 0 Å². The van der Waals surface area contributed by atoms with Crippen molar-refractivity contribution in [1.29, 1.82) is 0 Å². The van der Waals surface area contributed by atoms with Crippen molar-refractivity contribution in [2.24, 2.45) is 0 Å². The molecule has 0 bridgehead atoms. The molecule has 1 aliphatic heterocycles. The van der Waals surface area contributed by atoms with Gasteiger partial charge in [0, 0.05) is 17.1 Å². The number of aliphatic hydroxyl groups is 1. The van der Waals surface area contributed by atoms with Gasteiger partial charge in [-0.3, -0.25) is 0 Å². The standard InChI is InChI=1S/C16H23BrN2O2/c1-10-8-19-16-11(6-12(17)7-15(16)21-10)9-18-13-2-4-14(20)5-3-13/h6-7,10,13-14,18-20H,2-5,8-9H2,1H3/t10-,13?,14?/m1/s1. The number of anilines is 1. The number of benzene rings is 1. The fourth-order valence-corrected chi connectivity index (χ4v) is 3.59. The molecule has 116 valence electrons. The van der Waals surface area contributed by atoms with E-state index < -0.39 is 0 Å². The maximum absolute atomic E-state index is 9.57. The van der Waals surface area contributed by atoms with Gasteiger partial charge >= 0.3 is 0 Å². The quantitative estimate of drug-likeness (QED) is 0.780. The molecule has 2 aliphatic rings. The van der Waals surface area contributed by atoms with Crippen LogP contribution in [-0.2, 0) is 6.54 Å². The van der Waals surface area contributed by atoms with Crippen LogP contribution >= 0.6 is 15.9 Å². The summed E-state index contributed by atoms with van der Waals surface area (Å²) in [5.41, 5.74) is 2.34. The fourth-order valence-electron chi connectivity index (χ4n) is 3.11. The lowest BCUT2D eigenvalue weighted by Crippen LogP contribution is -2.35. The number of hydrogen-bond acceptors (Lipinski definition) is 4. The van der Waals surface area contributed by atoms with Gasteiger partial charge in [0.2, 0.25) is 0 Å². The lowest BCUT2D eigenvalue weighted by atomic mass is 9.93. The average Bonchev–Trinajstić information content (AvgIpc) is 2.45. The highest BCUT2D eigenvalue weighted by molar-refractivity contribution is 9.10. The topological polar surface area (TPSA) is 53.5 Å². The minimum Gasteiger partial charge on any atom is -0.487 e. The van der Waals surface area contributed by atoms with Crippen molar-refractivity contribution in [3.63, 3.8) is 0 Å². The third kappa shape index (κ3) is 3.71. The Bertz CT molecular complexity index is 501. The van der Waals surface area contributed by atoms with Crippen molar-refractivity contribution in [2.45, 2.75) is 57.4 Å². The highest BCUT2D eigenvalue weighted by atomic mass is 79.9. The van der Waals surface area contributed by atoms with Crippen LogP contribution in [0.2, 0.25) is 0 Å². The van der Waals surface area contributed by atoms with Gasteiger partial charge in [-0.05, 0) is 50.3 Å². The van der Waals surface area contributed by atoms with Crippen molar-refractivity contribution in [1.82, 2.24) is 5.32 Å². The van der Waals surface area contributed by atoms with Crippen LogP contribution in [0.3, 0.4) is 0 Å². The SMILES string of the molecule is C[C@@H]1CNc2c(CNC3CCC(O)CC3)cc(Br)cc2O1. The van der Waals surface area contributed by atoms with E-state index in [-0.39, 0.29) is 12.2 Å². The molecule has 1 aliphatic carbocycles. The van der Waals surface area contributed by atoms with Crippen LogP contribution in [-0.4, -0.2) is 29.9 Å². The monoisotopic (exact) mass is 354 g/mol. The van der Waals surface area contributed by atoms with E-state index in [4.69, 9.17) is 4.74 Å². The van der Waals surface area contributed by atoms with Crippen molar-refractivity contribution >= 4 is 21.6 Å². The highest BCUT2D eigenvalue weighted by Crippen LogP contribution is 2.36. The number of fused-ring (bicyclic) bond motifs is 1. The van der Waals surface area contributed by atoms with Crippen LogP contribution in [0.25, 0.3) is 0 Å². The molecule has 5 heteroatoms. The first-order valence-corrected chi connectivity index (χ1v) is 8.55. The molecule has 0 unspecified atom stereocenters. The first-order chi connectivity index (χ1) is 10.1. The number of hydrogen-bond donors (Lipinski definition) is 3. The molecule has 1 heterocycles. The summed E-state index contributed by atoms with van der Waals surface area (Å²) in [6.45, 7) is 3.74. The third-order valence-corrected chi connectivity index (χ3v) is 4.78. The Labute approximate surface area is 134 Å². The van der Waals surface area contributed by atoms with E-state index in [1.807, 2.05) is 6.07 Å². The van der Waals surface area contributed by atoms with Gasteiger partial charge in [-0.15, -0.1) is 0 Å². The minimum atomic E-state index is -0.0989. The summed E-state index contributed by atoms with van der Waals surface area (Å²) in [7, 11) is 0. The molecule has 1 fully saturated rings. The Morgan fingerprint density at radius 1 is 1.33 bits per heavy atom. The van der Waals surface area contributed by atoms with Crippen molar-refractivity contribution < 1.29 is 9.84 Å². The Morgan fingerprint density at radius 2 is 2.10 bits per heavy atom. The van der Waals surface area contributed by atoms with E-state index in [0.717, 1.165) is 54.7 Å². The molecule has 1 saturated carbocycles. The predicted octanol–water partition coefficient (Wildman–Crippen LogP) is 3.04. The summed E-state index contributed by atoms with van der Waals surface area (Å²) in [6, 6.07) is 4.68. The van der Waals surface area contributed by atoms with Crippen LogP contribution in [0.5, 0.6) is 5.75 Å². The normalized spacial score (nSPS) is 28.4. The lowest BCUT2D eigenvalue weighted by molar-refractivity contribution is 0.116. The summed E-state index contributed by atoms with van der Waals surface area (Å²) >= 11 is 3.57. The maximum Gasteiger partial charge on any atom is 0.144 e. The summed E-state index contributed by atoms with van der Waals surface area (Å²) in [5, 5.41) is 16.7. The van der Waals surface area contributed by atoms with E-state index in [2.05, 4.69) is 39.6 Å². The second-order valence-corrected chi connectivity index (χ2v) is 7.05. The zero-order chi connectivity index (χ0) is 14.8. The predicted molar refractivity (Wildman–Crippen MR) is 87.8 cm³/mol. The summed E-state index contributed by atoms with van der Waals surface area (Å²) < 4.78 is 6.95. The van der Waals surface area contributed by atoms with Crippen LogP contribution in [0.1, 0.15) is 38.2 Å². The Morgan fingerprint density at radius 3 is 2.86 bits per heavy atom. The zero-order valence-corrected chi connectivity index (χ0v) is 13.9. The van der Waals surface area contributed by atoms with E-state index in [1.54, 1.807) is 0 Å². The Hall–Kier alpha value is -0.780. The minimum absolute atomic E-state index is 0.0989. The van der Waals surface area contributed by atoms with Crippen LogP contribution < -0.4 is 15.4 Å². The van der Waals surface area contributed by atoms with Gasteiger partial charge < -0.3 is 20.5 Å². The maximum atomic E-state index is 9.57. The molecule has 0 saturated heterocycles. The van der Waals surface area contributed by atoms with Crippen molar-refractivity contribution in [3.05, 3.63) is 22.2 Å². The molecule has 0 amide bonds. The molecule has 0 radical (unpaired) electrons. The summed E-state index contributed by atoms with van der Waals surface area (Å²) in [5.74, 6) is 0.930. The number of halogens is 1. The molecule has 21 heavy (non-hydrogen) atoms. The van der Waals surface area contributed by atoms with E-state index in [9.17, 15) is 5.11 Å². The largest absolute Gasteiger partial charge is 0.487 e. The van der Waals surface area contributed by atoms with Gasteiger partial charge in [-0.2, -0.15) is 0 Å². The van der Waals surface area contributed by atoms with Crippen LogP contribution in [0.15, 0.2) is 16.6 Å². The Kier molecular flexibility index (Phi) is 4.72. The van der Waals surface area contributed by atoms with Crippen LogP contribution in [0, 0.1) is 0 Å². The first-order valence-electron chi connectivity index (χ1n) is 7.76. The fraction of sp³-hybridized carbons (Fsp3) is 0.625. The Balaban J connectivity index is 1.68. The van der Waals surface area contributed by atoms with Crippen LogP contribution in [0.4, 0.5) is 5.69 Å². The number of nitrogens with one attached hydrogen (secondary N) is 2. The average molecular weight is 355 g/mol. The molecule has 1 aromatic carbocycles. The van der Waals surface area contributed by atoms with Crippen molar-refractivity contribution in [3.8, 4) is 5.75 Å². The summed E-state index contributed by atoms with van der Waals surface area (Å²) in [4.78, 5) is 0. The molecular formula is C16H23BrN2O2.